The smallest absolute Gasteiger partial charge is 0.331 e. The lowest BCUT2D eigenvalue weighted by molar-refractivity contribution is -0.132. The average molecular weight is 346 g/mol. The molecule has 1 aromatic rings. The molecule has 0 aromatic heterocycles. The molecule has 1 aliphatic rings. The molecule has 0 saturated heterocycles. The Balaban J connectivity index is 2.23. The first-order valence-corrected chi connectivity index (χ1v) is 7.82. The molecule has 2 rings (SSSR count). The zero-order valence-electron chi connectivity index (χ0n) is 9.91. The number of carboxylic acids is 1. The van der Waals surface area contributed by atoms with Crippen LogP contribution in [0.4, 0.5) is 0 Å². The van der Waals surface area contributed by atoms with Crippen molar-refractivity contribution in [2.24, 2.45) is 0 Å². The minimum Gasteiger partial charge on any atom is -0.478 e. The predicted octanol–water partition coefficient (Wildman–Crippen LogP) is 1.85. The summed E-state index contributed by atoms with van der Waals surface area (Å²) in [7, 11) is -3.55. The van der Waals surface area contributed by atoms with E-state index in [2.05, 4.69) is 15.9 Å². The van der Waals surface area contributed by atoms with Gasteiger partial charge in [-0.1, -0.05) is 22.0 Å². The number of rotatable bonds is 3. The number of carboxylic acid groups (broad SMARTS) is 1. The summed E-state index contributed by atoms with van der Waals surface area (Å²) < 4.78 is 26.7. The van der Waals surface area contributed by atoms with E-state index >= 15 is 0 Å². The van der Waals surface area contributed by atoms with Crippen molar-refractivity contribution in [1.82, 2.24) is 4.31 Å². The summed E-state index contributed by atoms with van der Waals surface area (Å²) >= 11 is 3.25. The zero-order chi connectivity index (χ0) is 14.0. The van der Waals surface area contributed by atoms with Crippen LogP contribution in [0.15, 0.2) is 45.3 Å². The van der Waals surface area contributed by atoms with Crippen molar-refractivity contribution in [2.75, 3.05) is 13.1 Å². The monoisotopic (exact) mass is 345 g/mol. The number of hydrogen-bond acceptors (Lipinski definition) is 3. The molecule has 0 radical (unpaired) electrons. The number of hydrogen-bond donors (Lipinski definition) is 1. The van der Waals surface area contributed by atoms with Gasteiger partial charge in [0.25, 0.3) is 0 Å². The van der Waals surface area contributed by atoms with Gasteiger partial charge in [-0.2, -0.15) is 4.31 Å². The highest BCUT2D eigenvalue weighted by molar-refractivity contribution is 9.10. The van der Waals surface area contributed by atoms with Gasteiger partial charge in [0.2, 0.25) is 10.0 Å². The Morgan fingerprint density at radius 1 is 1.26 bits per heavy atom. The Hall–Kier alpha value is -1.18. The molecule has 0 amide bonds. The predicted molar refractivity (Wildman–Crippen MR) is 73.2 cm³/mol. The fourth-order valence-electron chi connectivity index (χ4n) is 1.82. The van der Waals surface area contributed by atoms with Gasteiger partial charge in [0.05, 0.1) is 4.90 Å². The van der Waals surface area contributed by atoms with Gasteiger partial charge in [0.1, 0.15) is 0 Å². The number of nitrogens with zero attached hydrogens (tertiary/aromatic N) is 1. The molecule has 0 atom stereocenters. The third-order valence-electron chi connectivity index (χ3n) is 2.90. The Kier molecular flexibility index (Phi) is 4.07. The molecule has 0 aliphatic carbocycles. The van der Waals surface area contributed by atoms with Crippen molar-refractivity contribution in [3.05, 3.63) is 40.4 Å². The van der Waals surface area contributed by atoms with E-state index in [-0.39, 0.29) is 30.0 Å². The first-order valence-electron chi connectivity index (χ1n) is 5.59. The van der Waals surface area contributed by atoms with Crippen LogP contribution in [-0.4, -0.2) is 36.9 Å². The standard InChI is InChI=1S/C12H12BrNO4S/c13-10-1-3-11(4-2-10)19(17,18)14-7-5-9(6-8-14)12(15)16/h1-5H,6-8H2,(H,15,16). The summed E-state index contributed by atoms with van der Waals surface area (Å²) in [4.78, 5) is 11.0. The van der Waals surface area contributed by atoms with E-state index in [1.165, 1.54) is 22.5 Å². The van der Waals surface area contributed by atoms with Crippen LogP contribution in [0.5, 0.6) is 0 Å². The molecule has 1 aliphatic heterocycles. The van der Waals surface area contributed by atoms with Crippen LogP contribution in [0.2, 0.25) is 0 Å². The molecule has 5 nitrogen and oxygen atoms in total. The van der Waals surface area contributed by atoms with Gasteiger partial charge in [0.15, 0.2) is 0 Å². The molecule has 0 fully saturated rings. The summed E-state index contributed by atoms with van der Waals surface area (Å²) in [6.45, 7) is 0.288. The van der Waals surface area contributed by atoms with Gasteiger partial charge in [-0.3, -0.25) is 0 Å². The number of sulfonamides is 1. The van der Waals surface area contributed by atoms with E-state index in [4.69, 9.17) is 5.11 Å². The van der Waals surface area contributed by atoms with Gasteiger partial charge < -0.3 is 5.11 Å². The van der Waals surface area contributed by atoms with E-state index < -0.39 is 16.0 Å². The molecule has 7 heteroatoms. The Labute approximate surface area is 119 Å². The lowest BCUT2D eigenvalue weighted by atomic mass is 10.1. The number of halogens is 1. The quantitative estimate of drug-likeness (QED) is 0.907. The first-order chi connectivity index (χ1) is 8.91. The second-order valence-electron chi connectivity index (χ2n) is 4.10. The molecule has 0 spiro atoms. The number of carbonyl (C=O) groups is 1. The van der Waals surface area contributed by atoms with Crippen LogP contribution in [0.3, 0.4) is 0 Å². The Bertz CT molecular complexity index is 622. The molecule has 0 unspecified atom stereocenters. The van der Waals surface area contributed by atoms with Crippen molar-refractivity contribution in [3.63, 3.8) is 0 Å². The highest BCUT2D eigenvalue weighted by atomic mass is 79.9. The van der Waals surface area contributed by atoms with Gasteiger partial charge in [-0.25, -0.2) is 13.2 Å². The van der Waals surface area contributed by atoms with Gasteiger partial charge in [-0.05, 0) is 30.7 Å². The minimum absolute atomic E-state index is 0.0973. The highest BCUT2D eigenvalue weighted by Gasteiger charge is 2.27. The number of aliphatic carboxylic acids is 1. The Morgan fingerprint density at radius 2 is 1.89 bits per heavy atom. The van der Waals surface area contributed by atoms with Crippen LogP contribution in [0, 0.1) is 0 Å². The third kappa shape index (κ3) is 3.05. The van der Waals surface area contributed by atoms with E-state index in [9.17, 15) is 13.2 Å². The molecule has 0 saturated carbocycles. The maximum atomic E-state index is 12.3. The van der Waals surface area contributed by atoms with Crippen molar-refractivity contribution in [3.8, 4) is 0 Å². The summed E-state index contributed by atoms with van der Waals surface area (Å²) in [5.41, 5.74) is 0.266. The van der Waals surface area contributed by atoms with Crippen molar-refractivity contribution in [2.45, 2.75) is 11.3 Å². The fourth-order valence-corrected chi connectivity index (χ4v) is 3.46. The van der Waals surface area contributed by atoms with Crippen LogP contribution < -0.4 is 0 Å². The molecular weight excluding hydrogens is 334 g/mol. The topological polar surface area (TPSA) is 74.7 Å². The van der Waals surface area contributed by atoms with Crippen LogP contribution >= 0.6 is 15.9 Å². The van der Waals surface area contributed by atoms with Gasteiger partial charge in [-0.15, -0.1) is 0 Å². The molecule has 1 aromatic carbocycles. The zero-order valence-corrected chi connectivity index (χ0v) is 12.3. The summed E-state index contributed by atoms with van der Waals surface area (Å²) in [5, 5.41) is 8.83. The molecule has 102 valence electrons. The van der Waals surface area contributed by atoms with Gasteiger partial charge >= 0.3 is 5.97 Å². The SMILES string of the molecule is O=C(O)C1=CCN(S(=O)(=O)c2ccc(Br)cc2)CC1. The average Bonchev–Trinajstić information content (AvgIpc) is 2.39. The van der Waals surface area contributed by atoms with Crippen molar-refractivity contribution >= 4 is 31.9 Å². The maximum Gasteiger partial charge on any atom is 0.331 e. The molecule has 0 bridgehead atoms. The lowest BCUT2D eigenvalue weighted by Crippen LogP contribution is -2.35. The van der Waals surface area contributed by atoms with Crippen molar-refractivity contribution < 1.29 is 18.3 Å². The van der Waals surface area contributed by atoms with Crippen LogP contribution in [0.1, 0.15) is 6.42 Å². The summed E-state index contributed by atoms with van der Waals surface area (Å²) in [6.07, 6.45) is 1.67. The minimum atomic E-state index is -3.55. The first kappa shape index (κ1) is 14.2. The van der Waals surface area contributed by atoms with Crippen molar-refractivity contribution in [1.29, 1.82) is 0 Å². The van der Waals surface area contributed by atoms with Crippen LogP contribution in [-0.2, 0) is 14.8 Å². The molecule has 1 N–H and O–H groups in total. The second-order valence-corrected chi connectivity index (χ2v) is 6.96. The summed E-state index contributed by atoms with van der Waals surface area (Å²) in [5.74, 6) is -0.985. The van der Waals surface area contributed by atoms with E-state index in [0.717, 1.165) is 4.47 Å². The van der Waals surface area contributed by atoms with E-state index in [0.29, 0.717) is 0 Å². The lowest BCUT2D eigenvalue weighted by Gasteiger charge is -2.24. The van der Waals surface area contributed by atoms with E-state index in [1.807, 2.05) is 0 Å². The van der Waals surface area contributed by atoms with Crippen LogP contribution in [0.25, 0.3) is 0 Å². The Morgan fingerprint density at radius 3 is 2.37 bits per heavy atom. The summed E-state index contributed by atoms with van der Waals surface area (Å²) in [6, 6.07) is 6.37. The second kappa shape index (κ2) is 5.44. The molecule has 19 heavy (non-hydrogen) atoms. The fraction of sp³-hybridized carbons (Fsp3) is 0.250. The molecular formula is C12H12BrNO4S. The third-order valence-corrected chi connectivity index (χ3v) is 5.31. The van der Waals surface area contributed by atoms with E-state index in [1.54, 1.807) is 12.1 Å². The normalized spacial score (nSPS) is 17.0. The highest BCUT2D eigenvalue weighted by Crippen LogP contribution is 2.22. The van der Waals surface area contributed by atoms with Gasteiger partial charge in [0, 0.05) is 23.1 Å². The maximum absolute atomic E-state index is 12.3. The number of benzene rings is 1. The largest absolute Gasteiger partial charge is 0.478 e. The molecule has 1 heterocycles.